The molecule has 0 amide bonds. The Morgan fingerprint density at radius 3 is 1.07 bits per heavy atom. The number of hydrogen-bond acceptors (Lipinski definition) is 10. The van der Waals surface area contributed by atoms with Crippen molar-refractivity contribution >= 4 is 0 Å². The fraction of sp³-hybridized carbons (Fsp3) is 0.463. The Balaban J connectivity index is 0.000000631. The van der Waals surface area contributed by atoms with Crippen molar-refractivity contribution < 1.29 is 109 Å². The second-order valence-electron chi connectivity index (χ2n) is 23.5. The Bertz CT molecular complexity index is 3260. The van der Waals surface area contributed by atoms with Crippen LogP contribution >= 0.6 is 0 Å². The van der Waals surface area contributed by atoms with Gasteiger partial charge in [0.05, 0.1) is 40.6 Å². The third-order valence-corrected chi connectivity index (χ3v) is 15.9. The molecule has 0 saturated heterocycles. The molecule has 0 unspecified atom stereocenters. The topological polar surface area (TPSA) is 107 Å². The van der Waals surface area contributed by atoms with E-state index in [1.165, 1.54) is 128 Å². The summed E-state index contributed by atoms with van der Waals surface area (Å²) in [5, 5.41) is 0. The third-order valence-electron chi connectivity index (χ3n) is 15.9. The first-order chi connectivity index (χ1) is 45.2. The van der Waals surface area contributed by atoms with Crippen molar-refractivity contribution in [2.45, 2.75) is 209 Å². The van der Waals surface area contributed by atoms with E-state index in [0.29, 0.717) is 0 Å². The van der Waals surface area contributed by atoms with E-state index in [1.54, 1.807) is 26.6 Å². The van der Waals surface area contributed by atoms with Crippen LogP contribution < -0.4 is 28.4 Å². The summed E-state index contributed by atoms with van der Waals surface area (Å²) >= 11 is 0. The van der Waals surface area contributed by atoms with Crippen molar-refractivity contribution in [3.63, 3.8) is 0 Å². The van der Waals surface area contributed by atoms with Gasteiger partial charge in [0.25, 0.3) is 0 Å². The number of rotatable bonds is 38. The molecule has 4 aromatic heterocycles. The Hall–Kier alpha value is -5.12. The number of aryl methyl sites for hydroxylation is 4. The summed E-state index contributed by atoms with van der Waals surface area (Å²) in [5.41, 5.74) is 11.9. The standard InChI is InChI=1S/C21H28NO2.C21H28NO.C20H26NO2.C20H26NO.4Ir/c1-4-5-6-7-8-9-15-24-21-17(2)11-10-12-19(21)20-16-18(23-3)13-14-22-20;1-4-5-6-7-8-9-16-23-21-18(3)12-10-14-19(21)20-17(2)13-11-15-22-20;1-3-4-5-6-7-10-15-23-20-12-9-8-11-18(20)19-16-17(22-2)13-14-21-19;1-3-4-5-6-7-10-16-22-19-14-9-8-13-18(19)20-17(2)12-11-15-21-20;;;;/h10-11,13-14,16H,4-9,15H2,1-3H3;10-13,15H,4-9,16H2,1-3H3;8-9,12-14,16H,3-7,10,15H2,1-2H3;8-9,11-12,14-15H,3-7,10,16H2,1-2H3;;;;/q4*-1;;;;. The van der Waals surface area contributed by atoms with Crippen LogP contribution in [0.2, 0.25) is 0 Å². The number of methoxy groups -OCH3 is 2. The number of unbranched alkanes of at least 4 members (excludes halogenated alkanes) is 20. The largest absolute Gasteiger partial charge is 0.537 e. The zero-order valence-electron chi connectivity index (χ0n) is 59.1. The van der Waals surface area contributed by atoms with Crippen molar-refractivity contribution in [3.05, 3.63) is 181 Å². The van der Waals surface area contributed by atoms with Gasteiger partial charge in [0.1, 0.15) is 11.5 Å². The van der Waals surface area contributed by atoms with Crippen molar-refractivity contribution in [2.75, 3.05) is 40.6 Å². The first-order valence-electron chi connectivity index (χ1n) is 34.6. The van der Waals surface area contributed by atoms with Gasteiger partial charge in [0.15, 0.2) is 0 Å². The quantitative estimate of drug-likeness (QED) is 0.0274. The zero-order chi connectivity index (χ0) is 65.6. The molecule has 4 heterocycles. The van der Waals surface area contributed by atoms with Crippen molar-refractivity contribution in [1.29, 1.82) is 0 Å². The molecule has 4 aromatic carbocycles. The summed E-state index contributed by atoms with van der Waals surface area (Å²) in [5.74, 6) is 5.11. The minimum atomic E-state index is 0. The van der Waals surface area contributed by atoms with Crippen molar-refractivity contribution in [3.8, 4) is 79.5 Å². The summed E-state index contributed by atoms with van der Waals surface area (Å²) in [6.45, 7) is 20.3. The van der Waals surface area contributed by atoms with Gasteiger partial charge >= 0.3 is 0 Å². The van der Waals surface area contributed by atoms with Crippen LogP contribution in [0.1, 0.15) is 204 Å². The van der Waals surface area contributed by atoms with Gasteiger partial charge < -0.3 is 48.4 Å². The maximum absolute atomic E-state index is 6.11. The average Bonchev–Trinajstić information content (AvgIpc) is 0.859. The van der Waals surface area contributed by atoms with E-state index in [1.807, 2.05) is 103 Å². The number of ether oxygens (including phenoxy) is 6. The molecule has 0 aliphatic rings. The number of aromatic nitrogens is 4. The molecule has 0 aliphatic carbocycles. The van der Waals surface area contributed by atoms with Gasteiger partial charge in [-0.1, -0.05) is 227 Å². The Kier molecular flexibility index (Phi) is 51.6. The molecule has 96 heavy (non-hydrogen) atoms. The third kappa shape index (κ3) is 33.6. The monoisotopic (exact) mass is 2020 g/mol. The molecule has 0 fully saturated rings. The first-order valence-corrected chi connectivity index (χ1v) is 34.6. The van der Waals surface area contributed by atoms with Crippen LogP contribution in [0, 0.1) is 52.0 Å². The molecule has 10 nitrogen and oxygen atoms in total. The van der Waals surface area contributed by atoms with Gasteiger partial charge in [-0.25, -0.2) is 0 Å². The molecule has 0 atom stereocenters. The Morgan fingerprint density at radius 2 is 0.656 bits per heavy atom. The van der Waals surface area contributed by atoms with Gasteiger partial charge in [-0.05, 0) is 98.7 Å². The van der Waals surface area contributed by atoms with Gasteiger partial charge in [0.2, 0.25) is 0 Å². The Labute approximate surface area is 633 Å². The normalized spacial score (nSPS) is 10.2. The summed E-state index contributed by atoms with van der Waals surface area (Å²) in [7, 11) is 3.32. The molecule has 0 aliphatic heterocycles. The molecule has 14 heteroatoms. The van der Waals surface area contributed by atoms with Crippen LogP contribution in [-0.4, -0.2) is 60.6 Å². The minimum Gasteiger partial charge on any atom is -0.537 e. The summed E-state index contributed by atoms with van der Waals surface area (Å²) in [6, 6.07) is 48.3. The molecule has 0 saturated carbocycles. The summed E-state index contributed by atoms with van der Waals surface area (Å²) in [4.78, 5) is 17.8. The van der Waals surface area contributed by atoms with Crippen LogP contribution in [0.3, 0.4) is 0 Å². The summed E-state index contributed by atoms with van der Waals surface area (Å²) in [6.07, 6.45) is 37.5. The zero-order valence-corrected chi connectivity index (χ0v) is 68.7. The van der Waals surface area contributed by atoms with Crippen LogP contribution in [-0.2, 0) is 80.4 Å². The van der Waals surface area contributed by atoms with Crippen molar-refractivity contribution in [1.82, 2.24) is 19.9 Å². The molecule has 8 rings (SSSR count). The maximum Gasteiger partial charge on any atom is 0.113 e. The van der Waals surface area contributed by atoms with E-state index in [4.69, 9.17) is 28.4 Å². The van der Waals surface area contributed by atoms with Crippen LogP contribution in [0.4, 0.5) is 0 Å². The molecule has 0 spiro atoms. The second-order valence-corrected chi connectivity index (χ2v) is 23.5. The van der Waals surface area contributed by atoms with E-state index < -0.39 is 0 Å². The van der Waals surface area contributed by atoms with Gasteiger partial charge in [-0.2, -0.15) is 0 Å². The summed E-state index contributed by atoms with van der Waals surface area (Å²) < 4.78 is 34.7. The minimum absolute atomic E-state index is 0. The number of nitrogens with zero attached hydrogens (tertiary/aromatic N) is 4. The molecular formula is C82H108Ir4N4O6-4. The molecule has 532 valence electrons. The van der Waals surface area contributed by atoms with E-state index in [9.17, 15) is 0 Å². The predicted molar refractivity (Wildman–Crippen MR) is 382 cm³/mol. The predicted octanol–water partition coefficient (Wildman–Crippen LogP) is 22.4. The SMILES string of the molecule is CCCCCCCCOc1c(-c2cc(OC)ccn2)[c-]ccc1C.CCCCCCCCOc1c(-c2ncccc2C)[c-]ccc1C.CCCCCCCCOc1ccc[c-]c1-c1cc(OC)ccn1.CCCCCCCCOc1ccc[c-]c1-c1ncccc1C.[Ir].[Ir].[Ir].[Ir]. The van der Waals surface area contributed by atoms with Gasteiger partial charge in [0, 0.05) is 128 Å². The molecule has 0 N–H and O–H groups in total. The fourth-order valence-corrected chi connectivity index (χ4v) is 10.5. The van der Waals surface area contributed by atoms with Crippen LogP contribution in [0.5, 0.6) is 34.5 Å². The number of hydrogen-bond donors (Lipinski definition) is 0. The first kappa shape index (κ1) is 88.9. The van der Waals surface area contributed by atoms with Crippen molar-refractivity contribution in [2.24, 2.45) is 0 Å². The van der Waals surface area contributed by atoms with E-state index >= 15 is 0 Å². The molecule has 0 bridgehead atoms. The number of benzene rings is 4. The molecular weight excluding hydrogens is 1910 g/mol. The van der Waals surface area contributed by atoms with Gasteiger partial charge in [-0.3, -0.25) is 0 Å². The molecule has 4 radical (unpaired) electrons. The van der Waals surface area contributed by atoms with E-state index in [2.05, 4.69) is 118 Å². The smallest absolute Gasteiger partial charge is 0.113 e. The van der Waals surface area contributed by atoms with Gasteiger partial charge in [-0.15, -0.1) is 84.9 Å². The van der Waals surface area contributed by atoms with E-state index in [-0.39, 0.29) is 80.4 Å². The Morgan fingerprint density at radius 1 is 0.312 bits per heavy atom. The fourth-order valence-electron chi connectivity index (χ4n) is 10.5. The average molecular weight is 2010 g/mol. The van der Waals surface area contributed by atoms with E-state index in [0.717, 1.165) is 154 Å². The molecule has 8 aromatic rings. The maximum atomic E-state index is 6.11. The second kappa shape index (κ2) is 55.7. The van der Waals surface area contributed by atoms with Crippen LogP contribution in [0.25, 0.3) is 45.0 Å². The van der Waals surface area contributed by atoms with Crippen LogP contribution in [0.15, 0.2) is 134 Å². The number of pyridine rings is 4.